The molecular formula is C18H16F2N4OS2. The molecule has 140 valence electrons. The lowest BCUT2D eigenvalue weighted by Crippen LogP contribution is -2.23. The van der Waals surface area contributed by atoms with Gasteiger partial charge in [0, 0.05) is 5.69 Å². The van der Waals surface area contributed by atoms with E-state index in [1.807, 2.05) is 31.2 Å². The van der Waals surface area contributed by atoms with E-state index in [0.29, 0.717) is 9.47 Å². The summed E-state index contributed by atoms with van der Waals surface area (Å²) in [7, 11) is 0. The number of thioether (sulfide) groups is 1. The van der Waals surface area contributed by atoms with Gasteiger partial charge in [0.1, 0.15) is 17.3 Å². The lowest BCUT2D eigenvalue weighted by molar-refractivity contribution is -0.115. The van der Waals surface area contributed by atoms with Gasteiger partial charge in [0.25, 0.3) is 0 Å². The summed E-state index contributed by atoms with van der Waals surface area (Å²) < 4.78 is 27.9. The molecule has 27 heavy (non-hydrogen) atoms. The molecule has 1 heterocycles. The standard InChI is InChI=1S/C18H16F2N4OS2/c1-10-6-8-12(9-7-10)21-17-23-24-18(27-17)26-11(2)16(25)22-15-13(19)4-3-5-14(15)20/h3-9,11H,1-2H3,(H,21,23)(H,22,25). The van der Waals surface area contributed by atoms with Crippen molar-refractivity contribution in [2.45, 2.75) is 23.4 Å². The van der Waals surface area contributed by atoms with Gasteiger partial charge in [0.2, 0.25) is 11.0 Å². The van der Waals surface area contributed by atoms with E-state index in [2.05, 4.69) is 20.8 Å². The predicted octanol–water partition coefficient (Wildman–Crippen LogP) is 4.99. The molecule has 1 aromatic heterocycles. The lowest BCUT2D eigenvalue weighted by Gasteiger charge is -2.11. The molecule has 0 radical (unpaired) electrons. The summed E-state index contributed by atoms with van der Waals surface area (Å²) in [4.78, 5) is 12.2. The van der Waals surface area contributed by atoms with E-state index in [-0.39, 0.29) is 0 Å². The molecule has 0 saturated heterocycles. The molecule has 0 spiro atoms. The highest BCUT2D eigenvalue weighted by molar-refractivity contribution is 8.02. The highest BCUT2D eigenvalue weighted by atomic mass is 32.2. The van der Waals surface area contributed by atoms with Crippen molar-refractivity contribution >= 4 is 45.5 Å². The molecule has 1 amide bonds. The SMILES string of the molecule is Cc1ccc(Nc2nnc(SC(C)C(=O)Nc3c(F)cccc3F)s2)cc1. The number of carbonyl (C=O) groups is 1. The molecule has 9 heteroatoms. The van der Waals surface area contributed by atoms with Crippen molar-refractivity contribution in [2.75, 3.05) is 10.6 Å². The third kappa shape index (κ3) is 5.01. The van der Waals surface area contributed by atoms with E-state index in [9.17, 15) is 13.6 Å². The lowest BCUT2D eigenvalue weighted by atomic mass is 10.2. The maximum absolute atomic E-state index is 13.6. The van der Waals surface area contributed by atoms with Crippen molar-refractivity contribution in [3.05, 3.63) is 59.7 Å². The molecule has 0 bridgehead atoms. The van der Waals surface area contributed by atoms with Crippen LogP contribution in [0.15, 0.2) is 46.8 Å². The summed E-state index contributed by atoms with van der Waals surface area (Å²) in [6.07, 6.45) is 0. The van der Waals surface area contributed by atoms with E-state index in [4.69, 9.17) is 0 Å². The summed E-state index contributed by atoms with van der Waals surface area (Å²) >= 11 is 2.46. The van der Waals surface area contributed by atoms with Crippen molar-refractivity contribution in [1.29, 1.82) is 0 Å². The summed E-state index contributed by atoms with van der Waals surface area (Å²) in [6, 6.07) is 11.2. The second-order valence-electron chi connectivity index (χ2n) is 5.71. The van der Waals surface area contributed by atoms with Gasteiger partial charge in [-0.3, -0.25) is 4.79 Å². The Labute approximate surface area is 163 Å². The molecule has 0 saturated carbocycles. The summed E-state index contributed by atoms with van der Waals surface area (Å²) in [5, 5.41) is 13.5. The van der Waals surface area contributed by atoms with Gasteiger partial charge in [0.15, 0.2) is 4.34 Å². The van der Waals surface area contributed by atoms with Gasteiger partial charge in [-0.15, -0.1) is 10.2 Å². The number of aryl methyl sites for hydroxylation is 1. The largest absolute Gasteiger partial charge is 0.330 e. The number of nitrogens with one attached hydrogen (secondary N) is 2. The number of aromatic nitrogens is 2. The first kappa shape index (κ1) is 19.2. The fourth-order valence-electron chi connectivity index (χ4n) is 2.12. The quantitative estimate of drug-likeness (QED) is 0.565. The molecule has 0 aliphatic rings. The maximum Gasteiger partial charge on any atom is 0.237 e. The van der Waals surface area contributed by atoms with E-state index in [1.165, 1.54) is 17.4 Å². The zero-order valence-corrected chi connectivity index (χ0v) is 16.1. The van der Waals surface area contributed by atoms with Gasteiger partial charge in [0.05, 0.1) is 5.25 Å². The number of hydrogen-bond acceptors (Lipinski definition) is 6. The van der Waals surface area contributed by atoms with Gasteiger partial charge in [-0.25, -0.2) is 8.78 Å². The van der Waals surface area contributed by atoms with Crippen molar-refractivity contribution in [3.8, 4) is 0 Å². The average molecular weight is 406 g/mol. The smallest absolute Gasteiger partial charge is 0.237 e. The Bertz CT molecular complexity index is 927. The highest BCUT2D eigenvalue weighted by Crippen LogP contribution is 2.31. The van der Waals surface area contributed by atoms with Crippen LogP contribution in [0.2, 0.25) is 0 Å². The monoisotopic (exact) mass is 406 g/mol. The van der Waals surface area contributed by atoms with Crippen LogP contribution in [0.5, 0.6) is 0 Å². The fraction of sp³-hybridized carbons (Fsp3) is 0.167. The van der Waals surface area contributed by atoms with Crippen LogP contribution >= 0.6 is 23.1 Å². The van der Waals surface area contributed by atoms with Gasteiger partial charge < -0.3 is 10.6 Å². The minimum Gasteiger partial charge on any atom is -0.330 e. The van der Waals surface area contributed by atoms with Crippen LogP contribution in [0.3, 0.4) is 0 Å². The van der Waals surface area contributed by atoms with Gasteiger partial charge in [-0.1, -0.05) is 46.9 Å². The molecule has 0 aliphatic carbocycles. The average Bonchev–Trinajstić information content (AvgIpc) is 3.07. The molecule has 3 rings (SSSR count). The topological polar surface area (TPSA) is 66.9 Å². The molecule has 0 fully saturated rings. The van der Waals surface area contributed by atoms with E-state index in [1.54, 1.807) is 6.92 Å². The number of halogens is 2. The Hall–Kier alpha value is -2.52. The predicted molar refractivity (Wildman–Crippen MR) is 105 cm³/mol. The molecule has 3 aromatic rings. The van der Waals surface area contributed by atoms with Crippen molar-refractivity contribution in [3.63, 3.8) is 0 Å². The second kappa shape index (κ2) is 8.45. The first-order chi connectivity index (χ1) is 12.9. The second-order valence-corrected chi connectivity index (χ2v) is 8.28. The van der Waals surface area contributed by atoms with Crippen LogP contribution in [-0.4, -0.2) is 21.4 Å². The van der Waals surface area contributed by atoms with E-state index < -0.39 is 28.5 Å². The third-order valence-corrected chi connectivity index (χ3v) is 5.59. The van der Waals surface area contributed by atoms with Crippen LogP contribution in [0.1, 0.15) is 12.5 Å². The van der Waals surface area contributed by atoms with Crippen molar-refractivity contribution in [1.82, 2.24) is 10.2 Å². The third-order valence-electron chi connectivity index (χ3n) is 3.57. The normalized spacial score (nSPS) is 11.9. The van der Waals surface area contributed by atoms with E-state index >= 15 is 0 Å². The maximum atomic E-state index is 13.6. The van der Waals surface area contributed by atoms with Gasteiger partial charge >= 0.3 is 0 Å². The van der Waals surface area contributed by atoms with Crippen LogP contribution in [0.4, 0.5) is 25.3 Å². The zero-order chi connectivity index (χ0) is 19.4. The minimum atomic E-state index is -0.818. The summed E-state index contributed by atoms with van der Waals surface area (Å²) in [5.74, 6) is -2.16. The Kier molecular flexibility index (Phi) is 6.02. The Morgan fingerprint density at radius 2 is 1.78 bits per heavy atom. The van der Waals surface area contributed by atoms with Crippen LogP contribution in [-0.2, 0) is 4.79 Å². The number of rotatable bonds is 6. The van der Waals surface area contributed by atoms with Crippen LogP contribution in [0, 0.1) is 18.6 Å². The molecule has 5 nitrogen and oxygen atoms in total. The number of amides is 1. The number of para-hydroxylation sites is 1. The highest BCUT2D eigenvalue weighted by Gasteiger charge is 2.20. The number of benzene rings is 2. The Balaban J connectivity index is 1.61. The van der Waals surface area contributed by atoms with E-state index in [0.717, 1.165) is 35.1 Å². The van der Waals surface area contributed by atoms with Crippen LogP contribution in [0.25, 0.3) is 0 Å². The molecule has 1 unspecified atom stereocenters. The summed E-state index contributed by atoms with van der Waals surface area (Å²) in [6.45, 7) is 3.64. The Morgan fingerprint density at radius 1 is 1.11 bits per heavy atom. The molecule has 0 aliphatic heterocycles. The molecule has 1 atom stereocenters. The first-order valence-corrected chi connectivity index (χ1v) is 9.70. The molecule has 2 aromatic carbocycles. The fourth-order valence-corrected chi connectivity index (χ4v) is 4.03. The zero-order valence-electron chi connectivity index (χ0n) is 14.5. The number of hydrogen-bond donors (Lipinski definition) is 2. The minimum absolute atomic E-state index is 0.450. The van der Waals surface area contributed by atoms with Crippen LogP contribution < -0.4 is 10.6 Å². The Morgan fingerprint density at radius 3 is 2.44 bits per heavy atom. The number of anilines is 3. The van der Waals surface area contributed by atoms with Gasteiger partial charge in [-0.2, -0.15) is 0 Å². The van der Waals surface area contributed by atoms with Crippen molar-refractivity contribution in [2.24, 2.45) is 0 Å². The summed E-state index contributed by atoms with van der Waals surface area (Å²) in [5.41, 5.74) is 1.59. The van der Waals surface area contributed by atoms with Crippen molar-refractivity contribution < 1.29 is 13.6 Å². The number of nitrogens with zero attached hydrogens (tertiary/aromatic N) is 2. The first-order valence-electron chi connectivity index (χ1n) is 8.01. The molecular weight excluding hydrogens is 390 g/mol. The molecule has 2 N–H and O–H groups in total. The number of carbonyl (C=O) groups excluding carboxylic acids is 1. The van der Waals surface area contributed by atoms with Gasteiger partial charge in [-0.05, 0) is 38.1 Å².